The molecule has 1 N–H and O–H groups in total. The van der Waals surface area contributed by atoms with E-state index in [0.29, 0.717) is 0 Å². The number of amides is 1. The van der Waals surface area contributed by atoms with Crippen LogP contribution in [0.2, 0.25) is 0 Å². The van der Waals surface area contributed by atoms with Gasteiger partial charge in [0.15, 0.2) is 0 Å². The summed E-state index contributed by atoms with van der Waals surface area (Å²) >= 11 is 0. The van der Waals surface area contributed by atoms with Gasteiger partial charge in [0.2, 0.25) is 5.91 Å². The number of hydrogen-bond acceptors (Lipinski definition) is 2. The first-order valence-corrected chi connectivity index (χ1v) is 2.92. The third kappa shape index (κ3) is 3.97. The minimum atomic E-state index is -0.528. The molecule has 0 aromatic carbocycles. The van der Waals surface area contributed by atoms with Gasteiger partial charge in [-0.05, 0) is 6.92 Å². The zero-order valence-electron chi connectivity index (χ0n) is 6.09. The minimum absolute atomic E-state index is 0.0370. The van der Waals surface area contributed by atoms with Crippen molar-refractivity contribution in [2.75, 3.05) is 14.1 Å². The fourth-order valence-corrected chi connectivity index (χ4v) is 0.435. The molecule has 0 saturated carbocycles. The van der Waals surface area contributed by atoms with Gasteiger partial charge in [-0.2, -0.15) is 0 Å². The molecule has 0 rings (SSSR count). The van der Waals surface area contributed by atoms with Crippen LogP contribution >= 0.6 is 0 Å². The number of nitrogens with zero attached hydrogens (tertiary/aromatic N) is 1. The molecule has 0 saturated heterocycles. The SMILES string of the molecule is C[C@@H](O)CC(=O)N(C)C. The monoisotopic (exact) mass is 131 g/mol. The molecule has 0 radical (unpaired) electrons. The standard InChI is InChI=1S/C6H13NO2/c1-5(8)4-6(9)7(2)3/h5,8H,4H2,1-3H3/t5-/m1/s1. The van der Waals surface area contributed by atoms with Gasteiger partial charge >= 0.3 is 0 Å². The maximum Gasteiger partial charge on any atom is 0.224 e. The fraction of sp³-hybridized carbons (Fsp3) is 0.833. The number of carbonyl (C=O) groups excluding carboxylic acids is 1. The van der Waals surface area contributed by atoms with Crippen LogP contribution in [0, 0.1) is 0 Å². The van der Waals surface area contributed by atoms with Crippen LogP contribution in [0.25, 0.3) is 0 Å². The molecule has 0 fully saturated rings. The Bertz CT molecular complexity index is 99.2. The predicted octanol–water partition coefficient (Wildman–Crippen LogP) is -0.155. The second kappa shape index (κ2) is 3.45. The number of aliphatic hydroxyl groups excluding tert-OH is 1. The maximum atomic E-state index is 10.7. The second-order valence-electron chi connectivity index (χ2n) is 2.34. The Kier molecular flexibility index (Phi) is 3.24. The van der Waals surface area contributed by atoms with Gasteiger partial charge in [-0.1, -0.05) is 0 Å². The minimum Gasteiger partial charge on any atom is -0.393 e. The van der Waals surface area contributed by atoms with E-state index in [2.05, 4.69) is 0 Å². The molecule has 0 aliphatic carbocycles. The predicted molar refractivity (Wildman–Crippen MR) is 35.0 cm³/mol. The van der Waals surface area contributed by atoms with Crippen LogP contribution < -0.4 is 0 Å². The number of aliphatic hydroxyl groups is 1. The highest BCUT2D eigenvalue weighted by Crippen LogP contribution is 1.92. The maximum absolute atomic E-state index is 10.7. The van der Waals surface area contributed by atoms with Crippen molar-refractivity contribution in [1.29, 1.82) is 0 Å². The fourth-order valence-electron chi connectivity index (χ4n) is 0.435. The van der Waals surface area contributed by atoms with Crippen LogP contribution in [0.15, 0.2) is 0 Å². The first kappa shape index (κ1) is 8.43. The van der Waals surface area contributed by atoms with Gasteiger partial charge in [-0.3, -0.25) is 4.79 Å². The summed E-state index contributed by atoms with van der Waals surface area (Å²) in [5.74, 6) is -0.0370. The van der Waals surface area contributed by atoms with Crippen LogP contribution in [0.4, 0.5) is 0 Å². The lowest BCUT2D eigenvalue weighted by molar-refractivity contribution is -0.130. The van der Waals surface area contributed by atoms with Gasteiger partial charge in [-0.25, -0.2) is 0 Å². The Morgan fingerprint density at radius 1 is 1.67 bits per heavy atom. The average molecular weight is 131 g/mol. The van der Waals surface area contributed by atoms with Crippen molar-refractivity contribution in [3.8, 4) is 0 Å². The molecular formula is C6H13NO2. The number of carbonyl (C=O) groups is 1. The highest BCUT2D eigenvalue weighted by atomic mass is 16.3. The van der Waals surface area contributed by atoms with E-state index in [1.54, 1.807) is 21.0 Å². The van der Waals surface area contributed by atoms with Gasteiger partial charge in [0.05, 0.1) is 12.5 Å². The summed E-state index contributed by atoms with van der Waals surface area (Å²) < 4.78 is 0. The van der Waals surface area contributed by atoms with E-state index < -0.39 is 6.10 Å². The molecule has 0 unspecified atom stereocenters. The molecule has 1 amide bonds. The lowest BCUT2D eigenvalue weighted by Crippen LogP contribution is -2.24. The topological polar surface area (TPSA) is 40.5 Å². The van der Waals surface area contributed by atoms with Gasteiger partial charge in [0.1, 0.15) is 0 Å². The van der Waals surface area contributed by atoms with Crippen LogP contribution in [0.5, 0.6) is 0 Å². The van der Waals surface area contributed by atoms with E-state index in [1.165, 1.54) is 4.90 Å². The van der Waals surface area contributed by atoms with Crippen molar-refractivity contribution >= 4 is 5.91 Å². The highest BCUT2D eigenvalue weighted by molar-refractivity contribution is 5.75. The quantitative estimate of drug-likeness (QED) is 0.566. The van der Waals surface area contributed by atoms with Gasteiger partial charge in [0, 0.05) is 14.1 Å². The lowest BCUT2D eigenvalue weighted by atomic mass is 10.3. The lowest BCUT2D eigenvalue weighted by Gasteiger charge is -2.10. The van der Waals surface area contributed by atoms with Gasteiger partial charge in [-0.15, -0.1) is 0 Å². The van der Waals surface area contributed by atoms with Crippen LogP contribution in [-0.4, -0.2) is 36.1 Å². The molecule has 0 bridgehead atoms. The van der Waals surface area contributed by atoms with E-state index in [4.69, 9.17) is 5.11 Å². The molecule has 0 aliphatic rings. The van der Waals surface area contributed by atoms with E-state index in [0.717, 1.165) is 0 Å². The Morgan fingerprint density at radius 3 is 2.22 bits per heavy atom. The summed E-state index contributed by atoms with van der Waals surface area (Å²) in [4.78, 5) is 12.2. The van der Waals surface area contributed by atoms with Crippen LogP contribution in [0.1, 0.15) is 13.3 Å². The Hall–Kier alpha value is -0.570. The third-order valence-electron chi connectivity index (χ3n) is 0.969. The van der Waals surface area contributed by atoms with Crippen molar-refractivity contribution in [3.63, 3.8) is 0 Å². The summed E-state index contributed by atoms with van der Waals surface area (Å²) in [6.07, 6.45) is -0.313. The zero-order chi connectivity index (χ0) is 7.44. The molecule has 3 heteroatoms. The Morgan fingerprint density at radius 2 is 2.11 bits per heavy atom. The van der Waals surface area contributed by atoms with Crippen molar-refractivity contribution in [2.24, 2.45) is 0 Å². The van der Waals surface area contributed by atoms with Crippen molar-refractivity contribution in [1.82, 2.24) is 4.90 Å². The largest absolute Gasteiger partial charge is 0.393 e. The second-order valence-corrected chi connectivity index (χ2v) is 2.34. The smallest absolute Gasteiger partial charge is 0.224 e. The van der Waals surface area contributed by atoms with E-state index in [9.17, 15) is 4.79 Å². The molecule has 54 valence electrons. The molecule has 0 aromatic heterocycles. The summed E-state index contributed by atoms with van der Waals surface area (Å²) in [6.45, 7) is 1.60. The van der Waals surface area contributed by atoms with Crippen molar-refractivity contribution in [3.05, 3.63) is 0 Å². The Labute approximate surface area is 55.3 Å². The molecule has 0 aromatic rings. The highest BCUT2D eigenvalue weighted by Gasteiger charge is 2.06. The van der Waals surface area contributed by atoms with Crippen LogP contribution in [0.3, 0.4) is 0 Å². The molecule has 3 nitrogen and oxygen atoms in total. The first-order valence-electron chi connectivity index (χ1n) is 2.92. The van der Waals surface area contributed by atoms with E-state index >= 15 is 0 Å². The number of hydrogen-bond donors (Lipinski definition) is 1. The summed E-state index contributed by atoms with van der Waals surface area (Å²) in [7, 11) is 3.34. The van der Waals surface area contributed by atoms with Crippen molar-refractivity contribution < 1.29 is 9.90 Å². The number of rotatable bonds is 2. The van der Waals surface area contributed by atoms with Gasteiger partial charge < -0.3 is 10.0 Å². The summed E-state index contributed by atoms with van der Waals surface area (Å²) in [6, 6.07) is 0. The van der Waals surface area contributed by atoms with Gasteiger partial charge in [0.25, 0.3) is 0 Å². The first-order chi connectivity index (χ1) is 4.04. The molecular weight excluding hydrogens is 118 g/mol. The molecule has 0 heterocycles. The summed E-state index contributed by atoms with van der Waals surface area (Å²) in [5, 5.41) is 8.72. The molecule has 0 spiro atoms. The summed E-state index contributed by atoms with van der Waals surface area (Å²) in [5.41, 5.74) is 0. The van der Waals surface area contributed by atoms with Crippen LogP contribution in [-0.2, 0) is 4.79 Å². The molecule has 1 atom stereocenters. The molecule has 0 aliphatic heterocycles. The average Bonchev–Trinajstić information content (AvgIpc) is 1.63. The van der Waals surface area contributed by atoms with E-state index in [-0.39, 0.29) is 12.3 Å². The third-order valence-corrected chi connectivity index (χ3v) is 0.969. The zero-order valence-corrected chi connectivity index (χ0v) is 6.09. The normalized spacial score (nSPS) is 12.9. The Balaban J connectivity index is 3.51. The van der Waals surface area contributed by atoms with E-state index in [1.807, 2.05) is 0 Å². The molecule has 9 heavy (non-hydrogen) atoms. The van der Waals surface area contributed by atoms with Crippen molar-refractivity contribution in [2.45, 2.75) is 19.4 Å².